The van der Waals surface area contributed by atoms with Crippen LogP contribution in [0, 0.1) is 0 Å². The number of nitrogen functional groups attached to an aromatic ring is 1. The van der Waals surface area contributed by atoms with Crippen LogP contribution in [0.4, 0.5) is 5.95 Å². The van der Waals surface area contributed by atoms with Crippen molar-refractivity contribution in [3.05, 3.63) is 10.5 Å². The molecular weight excluding hydrogens is 108 g/mol. The molecule has 0 spiro atoms. The van der Waals surface area contributed by atoms with Crippen LogP contribution < -0.4 is 11.4 Å². The molecule has 1 heterocycles. The van der Waals surface area contributed by atoms with E-state index in [9.17, 15) is 4.79 Å². The van der Waals surface area contributed by atoms with Gasteiger partial charge in [0.1, 0.15) is 0 Å². The van der Waals surface area contributed by atoms with Crippen molar-refractivity contribution in [2.75, 3.05) is 5.73 Å². The number of H-pyrrole nitrogens is 1. The number of aromatic nitrogens is 3. The van der Waals surface area contributed by atoms with Gasteiger partial charge in [0.15, 0.2) is 0 Å². The van der Waals surface area contributed by atoms with E-state index in [1.807, 2.05) is 0 Å². The molecule has 1 aromatic rings. The van der Waals surface area contributed by atoms with Crippen LogP contribution in [0.25, 0.3) is 0 Å². The molecule has 1 aromatic heterocycles. The fourth-order valence-electron chi connectivity index (χ4n) is 0.359. The highest BCUT2D eigenvalue weighted by Crippen LogP contribution is 1.80. The molecule has 3 N–H and O–H groups in total. The summed E-state index contributed by atoms with van der Waals surface area (Å²) < 4.78 is 1.22. The van der Waals surface area contributed by atoms with E-state index in [0.29, 0.717) is 0 Å². The summed E-state index contributed by atoms with van der Waals surface area (Å²) in [6.45, 7) is 0. The van der Waals surface area contributed by atoms with Gasteiger partial charge >= 0.3 is 5.69 Å². The second kappa shape index (κ2) is 1.36. The molecule has 0 aliphatic rings. The lowest BCUT2D eigenvalue weighted by Gasteiger charge is -1.84. The molecule has 0 aromatic carbocycles. The molecule has 0 bridgehead atoms. The van der Waals surface area contributed by atoms with Crippen LogP contribution in [-0.4, -0.2) is 14.8 Å². The minimum absolute atomic E-state index is 0.204. The molecule has 5 heteroatoms. The van der Waals surface area contributed by atoms with Crippen molar-refractivity contribution in [2.24, 2.45) is 7.05 Å². The Morgan fingerprint density at radius 1 is 1.88 bits per heavy atom. The fraction of sp³-hybridized carbons (Fsp3) is 0.333. The molecule has 0 saturated heterocycles. The summed E-state index contributed by atoms with van der Waals surface area (Å²) in [6.07, 6.45) is 0. The zero-order chi connectivity index (χ0) is 6.15. The van der Waals surface area contributed by atoms with Gasteiger partial charge < -0.3 is 5.73 Å². The highest BCUT2D eigenvalue weighted by Gasteiger charge is 1.93. The average molecular weight is 114 g/mol. The number of hydrogen-bond donors (Lipinski definition) is 2. The van der Waals surface area contributed by atoms with Crippen LogP contribution >= 0.6 is 0 Å². The van der Waals surface area contributed by atoms with Gasteiger partial charge in [-0.05, 0) is 0 Å². The van der Waals surface area contributed by atoms with Crippen LogP contribution in [0.15, 0.2) is 4.79 Å². The monoisotopic (exact) mass is 114 g/mol. The van der Waals surface area contributed by atoms with Crippen LogP contribution in [0.2, 0.25) is 0 Å². The van der Waals surface area contributed by atoms with Gasteiger partial charge in [-0.1, -0.05) is 0 Å². The molecule has 1 rings (SSSR count). The topological polar surface area (TPSA) is 76.7 Å². The van der Waals surface area contributed by atoms with Crippen LogP contribution in [0.1, 0.15) is 0 Å². The average Bonchev–Trinajstić information content (AvgIpc) is 1.98. The normalized spacial score (nSPS) is 9.62. The maximum absolute atomic E-state index is 10.4. The van der Waals surface area contributed by atoms with Crippen molar-refractivity contribution in [2.45, 2.75) is 0 Å². The number of rotatable bonds is 0. The number of aromatic amines is 1. The summed E-state index contributed by atoms with van der Waals surface area (Å²) in [6, 6.07) is 0. The molecule has 0 amide bonds. The Labute approximate surface area is 45.1 Å². The minimum Gasteiger partial charge on any atom is -0.368 e. The molecule has 0 radical (unpaired) electrons. The van der Waals surface area contributed by atoms with E-state index in [4.69, 9.17) is 5.73 Å². The molecule has 0 aliphatic heterocycles. The second-order valence-corrected chi connectivity index (χ2v) is 1.45. The summed E-state index contributed by atoms with van der Waals surface area (Å²) in [5.41, 5.74) is 4.87. The van der Waals surface area contributed by atoms with Crippen molar-refractivity contribution < 1.29 is 0 Å². The number of nitrogens with one attached hydrogen (secondary N) is 1. The molecule has 0 unspecified atom stereocenters. The molecule has 8 heavy (non-hydrogen) atoms. The van der Waals surface area contributed by atoms with E-state index >= 15 is 0 Å². The Balaban J connectivity index is 3.41. The first-order chi connectivity index (χ1) is 3.72. The number of nitrogens with zero attached hydrogens (tertiary/aromatic N) is 2. The van der Waals surface area contributed by atoms with Gasteiger partial charge in [0.2, 0.25) is 5.95 Å². The Morgan fingerprint density at radius 3 is 2.62 bits per heavy atom. The SMILES string of the molecule is Cn1c(N)n[nH]c1=O. The molecular formula is C3H6N4O. The van der Waals surface area contributed by atoms with Gasteiger partial charge in [-0.2, -0.15) is 0 Å². The minimum atomic E-state index is -0.289. The smallest absolute Gasteiger partial charge is 0.344 e. The molecule has 44 valence electrons. The van der Waals surface area contributed by atoms with Gasteiger partial charge in [-0.15, -0.1) is 5.10 Å². The number of nitrogens with two attached hydrogens (primary N) is 1. The molecule has 0 atom stereocenters. The van der Waals surface area contributed by atoms with Crippen molar-refractivity contribution in [1.82, 2.24) is 14.8 Å². The second-order valence-electron chi connectivity index (χ2n) is 1.45. The quantitative estimate of drug-likeness (QED) is 0.439. The predicted molar refractivity (Wildman–Crippen MR) is 28.2 cm³/mol. The first-order valence-electron chi connectivity index (χ1n) is 2.08. The Hall–Kier alpha value is -1.26. The van der Waals surface area contributed by atoms with Gasteiger partial charge in [-0.3, -0.25) is 4.57 Å². The third-order valence-corrected chi connectivity index (χ3v) is 0.914. The molecule has 0 saturated carbocycles. The van der Waals surface area contributed by atoms with E-state index in [1.165, 1.54) is 4.57 Å². The van der Waals surface area contributed by atoms with E-state index in [2.05, 4.69) is 10.2 Å². The maximum Gasteiger partial charge on any atom is 0.344 e. The number of hydrogen-bond acceptors (Lipinski definition) is 3. The maximum atomic E-state index is 10.4. The molecule has 0 fully saturated rings. The standard InChI is InChI=1S/C3H6N4O/c1-7-2(4)5-6-3(7)8/h1H3,(H2,4,5)(H,6,8). The lowest BCUT2D eigenvalue weighted by molar-refractivity contribution is 0.872. The lowest BCUT2D eigenvalue weighted by atomic mass is 11.0. The first kappa shape index (κ1) is 4.89. The summed E-state index contributed by atoms with van der Waals surface area (Å²) >= 11 is 0. The van der Waals surface area contributed by atoms with Crippen molar-refractivity contribution >= 4 is 5.95 Å². The van der Waals surface area contributed by atoms with Crippen LogP contribution in [0.3, 0.4) is 0 Å². The largest absolute Gasteiger partial charge is 0.368 e. The van der Waals surface area contributed by atoms with Crippen molar-refractivity contribution in [1.29, 1.82) is 0 Å². The van der Waals surface area contributed by atoms with Crippen molar-refractivity contribution in [3.63, 3.8) is 0 Å². The van der Waals surface area contributed by atoms with Crippen LogP contribution in [-0.2, 0) is 7.05 Å². The zero-order valence-electron chi connectivity index (χ0n) is 4.38. The molecule has 0 aliphatic carbocycles. The summed E-state index contributed by atoms with van der Waals surface area (Å²) in [4.78, 5) is 10.4. The fourth-order valence-corrected chi connectivity index (χ4v) is 0.359. The van der Waals surface area contributed by atoms with Gasteiger partial charge in [0, 0.05) is 7.05 Å². The van der Waals surface area contributed by atoms with E-state index in [1.54, 1.807) is 7.05 Å². The van der Waals surface area contributed by atoms with Gasteiger partial charge in [-0.25, -0.2) is 9.89 Å². The highest BCUT2D eigenvalue weighted by atomic mass is 16.1. The Kier molecular flexibility index (Phi) is 0.831. The predicted octanol–water partition coefficient (Wildman–Crippen LogP) is -1.31. The Morgan fingerprint density at radius 2 is 2.50 bits per heavy atom. The highest BCUT2D eigenvalue weighted by molar-refractivity contribution is 5.11. The van der Waals surface area contributed by atoms with Gasteiger partial charge in [0.25, 0.3) is 0 Å². The lowest BCUT2D eigenvalue weighted by Crippen LogP contribution is -2.13. The van der Waals surface area contributed by atoms with E-state index in [-0.39, 0.29) is 11.6 Å². The van der Waals surface area contributed by atoms with Crippen molar-refractivity contribution in [3.8, 4) is 0 Å². The zero-order valence-corrected chi connectivity index (χ0v) is 4.38. The summed E-state index contributed by atoms with van der Waals surface area (Å²) in [5.74, 6) is 0.204. The third kappa shape index (κ3) is 0.481. The molecule has 5 nitrogen and oxygen atoms in total. The van der Waals surface area contributed by atoms with E-state index < -0.39 is 0 Å². The van der Waals surface area contributed by atoms with Gasteiger partial charge in [0.05, 0.1) is 0 Å². The first-order valence-corrected chi connectivity index (χ1v) is 2.08. The third-order valence-electron chi connectivity index (χ3n) is 0.914. The number of anilines is 1. The van der Waals surface area contributed by atoms with Crippen LogP contribution in [0.5, 0.6) is 0 Å². The Bertz CT molecular complexity index is 234. The summed E-state index contributed by atoms with van der Waals surface area (Å²) in [7, 11) is 1.54. The summed E-state index contributed by atoms with van der Waals surface area (Å²) in [5, 5.41) is 5.59. The van der Waals surface area contributed by atoms with E-state index in [0.717, 1.165) is 0 Å².